The molecule has 0 saturated heterocycles. The first-order valence-corrected chi connectivity index (χ1v) is 5.81. The average molecular weight is 224 g/mol. The third-order valence-corrected chi connectivity index (χ3v) is 2.53. The molecule has 0 radical (unpaired) electrons. The summed E-state index contributed by atoms with van der Waals surface area (Å²) < 4.78 is 6.72. The van der Waals surface area contributed by atoms with E-state index in [9.17, 15) is 4.79 Å². The maximum Gasteiger partial charge on any atom is 0.180 e. The summed E-state index contributed by atoms with van der Waals surface area (Å²) in [5, 5.41) is 4.36. The van der Waals surface area contributed by atoms with Crippen LogP contribution in [-0.2, 0) is 17.7 Å². The van der Waals surface area contributed by atoms with Gasteiger partial charge in [0.15, 0.2) is 5.78 Å². The summed E-state index contributed by atoms with van der Waals surface area (Å²) in [6.07, 6.45) is 2.17. The molecule has 0 amide bonds. The van der Waals surface area contributed by atoms with E-state index >= 15 is 0 Å². The van der Waals surface area contributed by atoms with Crippen molar-refractivity contribution < 1.29 is 9.53 Å². The van der Waals surface area contributed by atoms with Gasteiger partial charge >= 0.3 is 0 Å². The van der Waals surface area contributed by atoms with E-state index in [1.54, 1.807) is 11.8 Å². The van der Waals surface area contributed by atoms with Crippen LogP contribution in [0.1, 0.15) is 42.9 Å². The minimum atomic E-state index is 0.158. The van der Waals surface area contributed by atoms with Crippen LogP contribution in [0.3, 0.4) is 0 Å². The molecule has 0 atom stereocenters. The summed E-state index contributed by atoms with van der Waals surface area (Å²) in [7, 11) is 1.65. The van der Waals surface area contributed by atoms with E-state index in [2.05, 4.69) is 5.10 Å². The molecule has 0 aliphatic rings. The zero-order valence-electron chi connectivity index (χ0n) is 10.3. The largest absolute Gasteiger partial charge is 0.385 e. The molecule has 0 fully saturated rings. The summed E-state index contributed by atoms with van der Waals surface area (Å²) in [5.41, 5.74) is 1.72. The van der Waals surface area contributed by atoms with Gasteiger partial charge in [-0.3, -0.25) is 9.48 Å². The maximum absolute atomic E-state index is 11.9. The zero-order valence-corrected chi connectivity index (χ0v) is 10.3. The Morgan fingerprint density at radius 1 is 1.50 bits per heavy atom. The van der Waals surface area contributed by atoms with Crippen molar-refractivity contribution in [1.82, 2.24) is 9.78 Å². The molecule has 0 saturated carbocycles. The van der Waals surface area contributed by atoms with Crippen LogP contribution >= 0.6 is 0 Å². The number of Topliss-reactive ketones (excluding diaryl/α,β-unsaturated/α-hetero) is 1. The molecular weight excluding hydrogens is 204 g/mol. The molecule has 0 unspecified atom stereocenters. The number of ether oxygens (including phenoxy) is 1. The summed E-state index contributed by atoms with van der Waals surface area (Å²) in [6, 6.07) is 1.90. The highest BCUT2D eigenvalue weighted by atomic mass is 16.5. The Bertz CT molecular complexity index is 345. The number of carbonyl (C=O) groups excluding carboxylic acids is 1. The van der Waals surface area contributed by atoms with Crippen molar-refractivity contribution in [2.75, 3.05) is 13.7 Å². The lowest BCUT2D eigenvalue weighted by Gasteiger charge is -2.03. The lowest BCUT2D eigenvalue weighted by atomic mass is 10.1. The summed E-state index contributed by atoms with van der Waals surface area (Å²) in [4.78, 5) is 11.9. The van der Waals surface area contributed by atoms with Gasteiger partial charge in [-0.05, 0) is 25.8 Å². The quantitative estimate of drug-likeness (QED) is 0.526. The van der Waals surface area contributed by atoms with E-state index in [4.69, 9.17) is 4.74 Å². The van der Waals surface area contributed by atoms with Gasteiger partial charge < -0.3 is 4.74 Å². The fourth-order valence-corrected chi connectivity index (χ4v) is 1.61. The molecule has 0 bridgehead atoms. The van der Waals surface area contributed by atoms with Gasteiger partial charge in [-0.1, -0.05) is 6.92 Å². The Hall–Kier alpha value is -1.16. The second-order valence-corrected chi connectivity index (χ2v) is 3.71. The lowest BCUT2D eigenvalue weighted by molar-refractivity contribution is 0.0953. The van der Waals surface area contributed by atoms with E-state index < -0.39 is 0 Å². The van der Waals surface area contributed by atoms with Crippen LogP contribution in [0.2, 0.25) is 0 Å². The second-order valence-electron chi connectivity index (χ2n) is 3.71. The van der Waals surface area contributed by atoms with Gasteiger partial charge in [0.05, 0.1) is 5.69 Å². The van der Waals surface area contributed by atoms with Crippen molar-refractivity contribution in [2.45, 2.75) is 39.7 Å². The number of aromatic nitrogens is 2. The zero-order chi connectivity index (χ0) is 12.0. The number of carbonyl (C=O) groups is 1. The summed E-state index contributed by atoms with van der Waals surface area (Å²) >= 11 is 0. The van der Waals surface area contributed by atoms with Crippen LogP contribution < -0.4 is 0 Å². The first kappa shape index (κ1) is 12.9. The summed E-state index contributed by atoms with van der Waals surface area (Å²) in [6.45, 7) is 5.41. The Labute approximate surface area is 96.6 Å². The third-order valence-electron chi connectivity index (χ3n) is 2.53. The number of aryl methyl sites for hydroxylation is 2. The first-order chi connectivity index (χ1) is 7.72. The predicted octanol–water partition coefficient (Wildman–Crippen LogP) is 2.07. The van der Waals surface area contributed by atoms with Crippen LogP contribution in [0.15, 0.2) is 6.07 Å². The smallest absolute Gasteiger partial charge is 0.180 e. The number of methoxy groups -OCH3 is 1. The average Bonchev–Trinajstić information content (AvgIpc) is 2.72. The van der Waals surface area contributed by atoms with Crippen molar-refractivity contribution >= 4 is 5.78 Å². The van der Waals surface area contributed by atoms with Gasteiger partial charge in [0.25, 0.3) is 0 Å². The fourth-order valence-electron chi connectivity index (χ4n) is 1.61. The minimum Gasteiger partial charge on any atom is -0.385 e. The van der Waals surface area contributed by atoms with E-state index in [1.165, 1.54) is 0 Å². The molecular formula is C12H20N2O2. The van der Waals surface area contributed by atoms with Crippen molar-refractivity contribution in [3.05, 3.63) is 17.5 Å². The SMILES string of the molecule is CCc1cc(C(=O)CCCOC)n(CC)n1. The van der Waals surface area contributed by atoms with Crippen molar-refractivity contribution in [2.24, 2.45) is 0 Å². The molecule has 4 nitrogen and oxygen atoms in total. The van der Waals surface area contributed by atoms with Crippen molar-refractivity contribution in [3.8, 4) is 0 Å². The van der Waals surface area contributed by atoms with Gasteiger partial charge in [0, 0.05) is 26.7 Å². The Balaban J connectivity index is 2.69. The highest BCUT2D eigenvalue weighted by Gasteiger charge is 2.13. The molecule has 0 aliphatic carbocycles. The first-order valence-electron chi connectivity index (χ1n) is 5.81. The van der Waals surface area contributed by atoms with Crippen molar-refractivity contribution in [3.63, 3.8) is 0 Å². The normalized spacial score (nSPS) is 10.7. The van der Waals surface area contributed by atoms with Gasteiger partial charge in [0.2, 0.25) is 0 Å². The van der Waals surface area contributed by atoms with E-state index in [0.29, 0.717) is 13.0 Å². The molecule has 1 rings (SSSR count). The molecule has 1 heterocycles. The fraction of sp³-hybridized carbons (Fsp3) is 0.667. The molecule has 0 N–H and O–H groups in total. The predicted molar refractivity (Wildman–Crippen MR) is 62.7 cm³/mol. The molecule has 1 aromatic heterocycles. The molecule has 90 valence electrons. The van der Waals surface area contributed by atoms with Crippen LogP contribution in [0.25, 0.3) is 0 Å². The molecule has 0 aromatic carbocycles. The number of hydrogen-bond acceptors (Lipinski definition) is 3. The third kappa shape index (κ3) is 3.17. The molecule has 16 heavy (non-hydrogen) atoms. The number of rotatable bonds is 7. The monoisotopic (exact) mass is 224 g/mol. The second kappa shape index (κ2) is 6.43. The Morgan fingerprint density at radius 2 is 2.25 bits per heavy atom. The van der Waals surface area contributed by atoms with Crippen LogP contribution in [0, 0.1) is 0 Å². The molecule has 1 aromatic rings. The number of hydrogen-bond donors (Lipinski definition) is 0. The van der Waals surface area contributed by atoms with Crippen molar-refractivity contribution in [1.29, 1.82) is 0 Å². The Kier molecular flexibility index (Phi) is 5.19. The van der Waals surface area contributed by atoms with Crippen LogP contribution in [0.5, 0.6) is 0 Å². The minimum absolute atomic E-state index is 0.158. The molecule has 4 heteroatoms. The van der Waals surface area contributed by atoms with Gasteiger partial charge in [-0.25, -0.2) is 0 Å². The van der Waals surface area contributed by atoms with E-state index in [1.807, 2.05) is 19.9 Å². The maximum atomic E-state index is 11.9. The van der Waals surface area contributed by atoms with Crippen LogP contribution in [-0.4, -0.2) is 29.3 Å². The van der Waals surface area contributed by atoms with E-state index in [0.717, 1.165) is 30.8 Å². The highest BCUT2D eigenvalue weighted by molar-refractivity contribution is 5.94. The molecule has 0 spiro atoms. The number of nitrogens with zero attached hydrogens (tertiary/aromatic N) is 2. The summed E-state index contributed by atoms with van der Waals surface area (Å²) in [5.74, 6) is 0.158. The van der Waals surface area contributed by atoms with Gasteiger partial charge in [-0.15, -0.1) is 0 Å². The van der Waals surface area contributed by atoms with Gasteiger partial charge in [-0.2, -0.15) is 5.10 Å². The standard InChI is InChI=1S/C12H20N2O2/c1-4-10-9-11(14(5-2)13-10)12(15)7-6-8-16-3/h9H,4-8H2,1-3H3. The number of ketones is 1. The van der Waals surface area contributed by atoms with Crippen LogP contribution in [0.4, 0.5) is 0 Å². The Morgan fingerprint density at radius 3 is 2.81 bits per heavy atom. The highest BCUT2D eigenvalue weighted by Crippen LogP contribution is 2.09. The topological polar surface area (TPSA) is 44.1 Å². The van der Waals surface area contributed by atoms with E-state index in [-0.39, 0.29) is 5.78 Å². The lowest BCUT2D eigenvalue weighted by Crippen LogP contribution is -2.10. The molecule has 0 aliphatic heterocycles. The van der Waals surface area contributed by atoms with Gasteiger partial charge in [0.1, 0.15) is 5.69 Å².